The number of ether oxygens (including phenoxy) is 1. The van der Waals surface area contributed by atoms with Crippen LogP contribution in [0.3, 0.4) is 0 Å². The summed E-state index contributed by atoms with van der Waals surface area (Å²) in [4.78, 5) is 21.9. The molecule has 0 amide bonds. The van der Waals surface area contributed by atoms with Gasteiger partial charge in [-0.15, -0.1) is 11.3 Å². The first kappa shape index (κ1) is 34.4. The highest BCUT2D eigenvalue weighted by Crippen LogP contribution is 2.39. The van der Waals surface area contributed by atoms with E-state index in [0.29, 0.717) is 6.73 Å². The first-order valence-corrected chi connectivity index (χ1v) is 16.8. The second-order valence-electron chi connectivity index (χ2n) is 13.1. The highest BCUT2D eigenvalue weighted by atomic mass is 35.5. The zero-order chi connectivity index (χ0) is 29.3. The third-order valence-corrected chi connectivity index (χ3v) is 9.77. The summed E-state index contributed by atoms with van der Waals surface area (Å²) in [6.45, 7) is 12.6. The Morgan fingerprint density at radius 3 is 2.31 bits per heavy atom. The second kappa shape index (κ2) is 16.1. The number of unbranched alkanes of at least 4 members (excludes halogenated alkanes) is 9. The lowest BCUT2D eigenvalue weighted by molar-refractivity contribution is -0.929. The Morgan fingerprint density at radius 2 is 1.64 bits per heavy atom. The first-order valence-electron chi connectivity index (χ1n) is 16.0. The number of thiophene rings is 1. The van der Waals surface area contributed by atoms with Gasteiger partial charge in [0.25, 0.3) is 0 Å². The molecule has 0 bridgehead atoms. The molecule has 0 radical (unpaired) electrons. The highest BCUT2D eigenvalue weighted by molar-refractivity contribution is 7.16. The summed E-state index contributed by atoms with van der Waals surface area (Å²) < 4.78 is 6.72. The minimum atomic E-state index is -0.427. The number of carbonyl (C=O) groups is 1. The van der Waals surface area contributed by atoms with Crippen molar-refractivity contribution in [1.29, 1.82) is 0 Å². The molecule has 0 atom stereocenters. The van der Waals surface area contributed by atoms with Crippen LogP contribution in [0.2, 0.25) is 0 Å². The molecule has 8 heteroatoms. The Hall–Kier alpha value is -2.09. The summed E-state index contributed by atoms with van der Waals surface area (Å²) in [5.74, 6) is 0.993. The van der Waals surface area contributed by atoms with E-state index in [1.54, 1.807) is 11.3 Å². The minimum Gasteiger partial charge on any atom is -1.00 e. The van der Waals surface area contributed by atoms with Gasteiger partial charge in [-0.25, -0.2) is 4.99 Å². The number of piperazine rings is 1. The molecule has 2 aliphatic heterocycles. The number of nitrogens with zero attached hydrogens (tertiary/aromatic N) is 3. The number of carbonyl (C=O) groups excluding carboxylic acids is 1. The average molecular weight is 617 g/mol. The number of aryl methyl sites for hydroxylation is 1. The van der Waals surface area contributed by atoms with Crippen molar-refractivity contribution in [2.75, 3.05) is 45.3 Å². The molecule has 1 aromatic carbocycles. The number of esters is 1. The summed E-state index contributed by atoms with van der Waals surface area (Å²) in [7, 11) is 2.21. The second-order valence-corrected chi connectivity index (χ2v) is 14.4. The predicted octanol–water partition coefficient (Wildman–Crippen LogP) is 5.80. The maximum absolute atomic E-state index is 13.1. The number of nitrogens with one attached hydrogen (secondary N) is 1. The Morgan fingerprint density at radius 1 is 1.02 bits per heavy atom. The van der Waals surface area contributed by atoms with Crippen LogP contribution in [0.25, 0.3) is 0 Å². The van der Waals surface area contributed by atoms with E-state index in [0.717, 1.165) is 65.7 Å². The summed E-state index contributed by atoms with van der Waals surface area (Å²) >= 11 is 1.78. The third kappa shape index (κ3) is 9.45. The SMILES string of the molecule is CCCCCCCCCCCCC(C)(C)C(=O)OC[N+]1(C)CCN(C2=Nc3ccccc3Nc3sc(C)cc32)CC1.[Cl-]. The number of rotatable bonds is 14. The molecule has 42 heavy (non-hydrogen) atoms. The van der Waals surface area contributed by atoms with E-state index in [4.69, 9.17) is 9.73 Å². The van der Waals surface area contributed by atoms with Crippen LogP contribution in [0.15, 0.2) is 35.3 Å². The van der Waals surface area contributed by atoms with Crippen LogP contribution in [-0.4, -0.2) is 61.1 Å². The number of hydrogen-bond acceptors (Lipinski definition) is 6. The first-order chi connectivity index (χ1) is 19.7. The molecule has 2 aliphatic rings. The normalized spacial score (nSPS) is 15.9. The molecule has 0 saturated carbocycles. The van der Waals surface area contributed by atoms with Gasteiger partial charge < -0.3 is 27.4 Å². The van der Waals surface area contributed by atoms with Crippen LogP contribution in [-0.2, 0) is 9.53 Å². The molecule has 1 aromatic heterocycles. The van der Waals surface area contributed by atoms with Gasteiger partial charge in [-0.1, -0.05) is 83.3 Å². The van der Waals surface area contributed by atoms with Crippen molar-refractivity contribution in [3.05, 3.63) is 40.8 Å². The Bertz CT molecular complexity index is 1170. The van der Waals surface area contributed by atoms with Gasteiger partial charge in [0.1, 0.15) is 10.8 Å². The molecule has 1 N–H and O–H groups in total. The average Bonchev–Trinajstić information content (AvgIpc) is 3.24. The number of halogens is 1. The standard InChI is InChI=1S/C34H53N4O2S.ClH/c1-6-7-8-9-10-11-12-13-14-17-20-34(3,4)33(39)40-26-38(5)23-21-37(22-24-38)31-28-25-27(2)41-32(28)36-30-19-16-15-18-29(30)35-31;/h15-16,18-19,25,36H,6-14,17,20-24,26H2,1-5H3;1H/q+1;/p-1. The lowest BCUT2D eigenvalue weighted by Gasteiger charge is -2.42. The molecular weight excluding hydrogens is 564 g/mol. The highest BCUT2D eigenvalue weighted by Gasteiger charge is 2.36. The molecular formula is C34H53ClN4O2S. The number of fused-ring (bicyclic) bond motifs is 2. The van der Waals surface area contributed by atoms with Crippen molar-refractivity contribution < 1.29 is 26.4 Å². The fourth-order valence-corrected chi connectivity index (χ4v) is 6.76. The molecule has 1 fully saturated rings. The number of aliphatic imine (C=N–C) groups is 1. The quantitative estimate of drug-likeness (QED) is 0.166. The Kier molecular flexibility index (Phi) is 13.2. The summed E-state index contributed by atoms with van der Waals surface area (Å²) in [6, 6.07) is 10.5. The van der Waals surface area contributed by atoms with E-state index in [2.05, 4.69) is 69.2 Å². The maximum atomic E-state index is 13.1. The molecule has 3 heterocycles. The fraction of sp³-hybridized carbons (Fsp3) is 0.647. The predicted molar refractivity (Wildman–Crippen MR) is 174 cm³/mol. The van der Waals surface area contributed by atoms with Crippen molar-refractivity contribution >= 4 is 39.5 Å². The Labute approximate surface area is 264 Å². The molecule has 1 saturated heterocycles. The largest absolute Gasteiger partial charge is 1.00 e. The van der Waals surface area contributed by atoms with Gasteiger partial charge in [0.2, 0.25) is 6.73 Å². The maximum Gasteiger partial charge on any atom is 0.315 e. The minimum absolute atomic E-state index is 0. The van der Waals surface area contributed by atoms with E-state index in [-0.39, 0.29) is 18.4 Å². The van der Waals surface area contributed by atoms with Gasteiger partial charge in [-0.05, 0) is 45.4 Å². The third-order valence-electron chi connectivity index (χ3n) is 8.81. The molecule has 2 aromatic rings. The van der Waals surface area contributed by atoms with Crippen molar-refractivity contribution in [2.45, 2.75) is 98.3 Å². The number of hydrogen-bond donors (Lipinski definition) is 1. The smallest absolute Gasteiger partial charge is 0.315 e. The van der Waals surface area contributed by atoms with Crippen molar-refractivity contribution in [3.8, 4) is 0 Å². The van der Waals surface area contributed by atoms with Crippen molar-refractivity contribution in [1.82, 2.24) is 4.90 Å². The number of amidine groups is 1. The van der Waals surface area contributed by atoms with Crippen LogP contribution >= 0.6 is 11.3 Å². The van der Waals surface area contributed by atoms with E-state index < -0.39 is 5.41 Å². The van der Waals surface area contributed by atoms with Gasteiger partial charge >= 0.3 is 5.97 Å². The van der Waals surface area contributed by atoms with Crippen LogP contribution in [0, 0.1) is 12.3 Å². The van der Waals surface area contributed by atoms with Crippen LogP contribution in [0.5, 0.6) is 0 Å². The monoisotopic (exact) mass is 616 g/mol. The van der Waals surface area contributed by atoms with E-state index in [1.165, 1.54) is 68.2 Å². The van der Waals surface area contributed by atoms with E-state index in [1.807, 2.05) is 6.07 Å². The van der Waals surface area contributed by atoms with Crippen molar-refractivity contribution in [3.63, 3.8) is 0 Å². The molecule has 0 unspecified atom stereocenters. The molecule has 0 aliphatic carbocycles. The number of anilines is 2. The van der Waals surface area contributed by atoms with Gasteiger partial charge in [0.15, 0.2) is 0 Å². The zero-order valence-corrected chi connectivity index (χ0v) is 28.2. The lowest BCUT2D eigenvalue weighted by Crippen LogP contribution is -3.00. The fourth-order valence-electron chi connectivity index (χ4n) is 5.84. The zero-order valence-electron chi connectivity index (χ0n) is 26.6. The van der Waals surface area contributed by atoms with Gasteiger partial charge in [-0.2, -0.15) is 0 Å². The Balaban J connectivity index is 0.00000484. The van der Waals surface area contributed by atoms with Crippen LogP contribution in [0.1, 0.15) is 102 Å². The van der Waals surface area contributed by atoms with Gasteiger partial charge in [0, 0.05) is 4.88 Å². The van der Waals surface area contributed by atoms with Crippen LogP contribution in [0.4, 0.5) is 16.4 Å². The topological polar surface area (TPSA) is 53.9 Å². The van der Waals surface area contributed by atoms with E-state index in [9.17, 15) is 4.79 Å². The molecule has 4 rings (SSSR count). The molecule has 6 nitrogen and oxygen atoms in total. The summed E-state index contributed by atoms with van der Waals surface area (Å²) in [6.07, 6.45) is 14.0. The number of likely N-dealkylation sites (N-methyl/N-ethyl adjacent to an activating group) is 1. The summed E-state index contributed by atoms with van der Waals surface area (Å²) in [5, 5.41) is 4.77. The van der Waals surface area contributed by atoms with Gasteiger partial charge in [-0.3, -0.25) is 9.28 Å². The number of quaternary nitrogens is 1. The summed E-state index contributed by atoms with van der Waals surface area (Å²) in [5.41, 5.74) is 2.78. The number of para-hydroxylation sites is 2. The molecule has 234 valence electrons. The van der Waals surface area contributed by atoms with Crippen LogP contribution < -0.4 is 17.7 Å². The molecule has 0 spiro atoms. The number of benzene rings is 1. The van der Waals surface area contributed by atoms with Crippen molar-refractivity contribution in [2.24, 2.45) is 10.4 Å². The lowest BCUT2D eigenvalue weighted by atomic mass is 9.87. The van der Waals surface area contributed by atoms with Gasteiger partial charge in [0.05, 0.1) is 55.6 Å². The van der Waals surface area contributed by atoms with E-state index >= 15 is 0 Å².